The standard InChI is InChI=1S/C16H20N2O/c1-19-16-8-4-10-17-15(16)14-11-5-2-3-6-12(11)18-13(14)7-9-16/h2-3,5-6,15,17-18H,4,7-10H2,1H3/t15-,16-/m0/s1. The highest BCUT2D eigenvalue weighted by atomic mass is 16.5. The van der Waals surface area contributed by atoms with Crippen LogP contribution in [0.2, 0.25) is 0 Å². The molecule has 100 valence electrons. The van der Waals surface area contributed by atoms with Crippen LogP contribution in [0.4, 0.5) is 0 Å². The highest BCUT2D eigenvalue weighted by molar-refractivity contribution is 5.85. The van der Waals surface area contributed by atoms with Gasteiger partial charge >= 0.3 is 0 Å². The summed E-state index contributed by atoms with van der Waals surface area (Å²) in [6, 6.07) is 8.97. The maximum atomic E-state index is 5.98. The van der Waals surface area contributed by atoms with E-state index in [1.165, 1.54) is 35.0 Å². The Hall–Kier alpha value is -1.32. The molecule has 19 heavy (non-hydrogen) atoms. The van der Waals surface area contributed by atoms with Crippen LogP contribution in [-0.4, -0.2) is 24.2 Å². The number of aromatic amines is 1. The molecule has 2 aromatic rings. The summed E-state index contributed by atoms with van der Waals surface area (Å²) in [6.07, 6.45) is 4.58. The van der Waals surface area contributed by atoms with E-state index in [-0.39, 0.29) is 5.60 Å². The minimum Gasteiger partial charge on any atom is -0.376 e. The van der Waals surface area contributed by atoms with Crippen LogP contribution in [0.3, 0.4) is 0 Å². The number of para-hydroxylation sites is 1. The Morgan fingerprint density at radius 1 is 1.26 bits per heavy atom. The molecule has 1 aromatic carbocycles. The maximum absolute atomic E-state index is 5.98. The molecule has 1 fully saturated rings. The zero-order chi connectivity index (χ0) is 12.9. The molecule has 3 nitrogen and oxygen atoms in total. The number of nitrogens with one attached hydrogen (secondary N) is 2. The molecule has 2 N–H and O–H groups in total. The number of hydrogen-bond donors (Lipinski definition) is 2. The summed E-state index contributed by atoms with van der Waals surface area (Å²) >= 11 is 0. The van der Waals surface area contributed by atoms with E-state index in [0.29, 0.717) is 6.04 Å². The van der Waals surface area contributed by atoms with Crippen molar-refractivity contribution in [2.24, 2.45) is 0 Å². The molecule has 1 aliphatic carbocycles. The van der Waals surface area contributed by atoms with E-state index in [1.54, 1.807) is 0 Å². The largest absolute Gasteiger partial charge is 0.376 e. The van der Waals surface area contributed by atoms with Crippen LogP contribution in [0.1, 0.15) is 36.6 Å². The average Bonchev–Trinajstić information content (AvgIpc) is 2.85. The second kappa shape index (κ2) is 4.09. The zero-order valence-electron chi connectivity index (χ0n) is 11.3. The fourth-order valence-corrected chi connectivity index (χ4v) is 4.00. The summed E-state index contributed by atoms with van der Waals surface area (Å²) in [5.41, 5.74) is 4.10. The van der Waals surface area contributed by atoms with Crippen molar-refractivity contribution < 1.29 is 4.74 Å². The van der Waals surface area contributed by atoms with Crippen LogP contribution < -0.4 is 5.32 Å². The Bertz CT molecular complexity index is 618. The van der Waals surface area contributed by atoms with Gasteiger partial charge in [-0.25, -0.2) is 0 Å². The Kier molecular flexibility index (Phi) is 2.47. The van der Waals surface area contributed by atoms with Gasteiger partial charge in [-0.05, 0) is 38.3 Å². The summed E-state index contributed by atoms with van der Waals surface area (Å²) in [7, 11) is 1.87. The topological polar surface area (TPSA) is 37.0 Å². The first kappa shape index (κ1) is 11.5. The summed E-state index contributed by atoms with van der Waals surface area (Å²) < 4.78 is 5.98. The molecule has 3 heteroatoms. The van der Waals surface area contributed by atoms with Gasteiger partial charge in [0.15, 0.2) is 0 Å². The van der Waals surface area contributed by atoms with Crippen molar-refractivity contribution in [2.75, 3.05) is 13.7 Å². The van der Waals surface area contributed by atoms with Crippen molar-refractivity contribution >= 4 is 10.9 Å². The number of methoxy groups -OCH3 is 1. The Morgan fingerprint density at radius 3 is 3.05 bits per heavy atom. The van der Waals surface area contributed by atoms with Crippen LogP contribution in [0.5, 0.6) is 0 Å². The first-order valence-corrected chi connectivity index (χ1v) is 7.22. The van der Waals surface area contributed by atoms with Gasteiger partial charge in [0.25, 0.3) is 0 Å². The Balaban J connectivity index is 1.93. The van der Waals surface area contributed by atoms with Crippen LogP contribution >= 0.6 is 0 Å². The number of benzene rings is 1. The van der Waals surface area contributed by atoms with Gasteiger partial charge < -0.3 is 15.0 Å². The van der Waals surface area contributed by atoms with Gasteiger partial charge in [-0.3, -0.25) is 0 Å². The van der Waals surface area contributed by atoms with E-state index >= 15 is 0 Å². The summed E-state index contributed by atoms with van der Waals surface area (Å²) in [5.74, 6) is 0. The lowest BCUT2D eigenvalue weighted by Gasteiger charge is -2.46. The first-order chi connectivity index (χ1) is 9.34. The monoisotopic (exact) mass is 256 g/mol. The predicted molar refractivity (Wildman–Crippen MR) is 76.3 cm³/mol. The molecule has 1 aromatic heterocycles. The Labute approximate surface area is 113 Å². The average molecular weight is 256 g/mol. The minimum atomic E-state index is -0.00376. The van der Waals surface area contributed by atoms with Crippen LogP contribution in [-0.2, 0) is 11.2 Å². The zero-order valence-corrected chi connectivity index (χ0v) is 11.3. The van der Waals surface area contributed by atoms with E-state index in [4.69, 9.17) is 4.74 Å². The highest BCUT2D eigenvalue weighted by Gasteiger charge is 2.46. The molecule has 1 aliphatic heterocycles. The molecule has 0 unspecified atom stereocenters. The van der Waals surface area contributed by atoms with Crippen LogP contribution in [0, 0.1) is 0 Å². The van der Waals surface area contributed by atoms with Crippen molar-refractivity contribution in [3.8, 4) is 0 Å². The SMILES string of the molecule is CO[C@]12CCCN[C@H]1c1c([nH]c3ccccc13)CC2. The highest BCUT2D eigenvalue weighted by Crippen LogP contribution is 2.46. The lowest BCUT2D eigenvalue weighted by Crippen LogP contribution is -2.52. The van der Waals surface area contributed by atoms with Gasteiger partial charge in [0.2, 0.25) is 0 Å². The molecular weight excluding hydrogens is 236 g/mol. The van der Waals surface area contributed by atoms with Gasteiger partial charge in [0, 0.05) is 29.3 Å². The lowest BCUT2D eigenvalue weighted by molar-refractivity contribution is -0.0733. The predicted octanol–water partition coefficient (Wildman–Crippen LogP) is 2.92. The van der Waals surface area contributed by atoms with Gasteiger partial charge in [-0.1, -0.05) is 18.2 Å². The van der Waals surface area contributed by atoms with Crippen molar-refractivity contribution in [1.29, 1.82) is 0 Å². The molecule has 4 rings (SSSR count). The third kappa shape index (κ3) is 1.52. The quantitative estimate of drug-likeness (QED) is 0.823. The van der Waals surface area contributed by atoms with Crippen molar-refractivity contribution in [3.05, 3.63) is 35.5 Å². The van der Waals surface area contributed by atoms with Crippen molar-refractivity contribution in [1.82, 2.24) is 10.3 Å². The molecule has 0 amide bonds. The normalized spacial score (nSPS) is 30.1. The lowest BCUT2D eigenvalue weighted by atomic mass is 9.73. The summed E-state index contributed by atoms with van der Waals surface area (Å²) in [4.78, 5) is 3.59. The number of aromatic nitrogens is 1. The smallest absolute Gasteiger partial charge is 0.0877 e. The molecule has 1 saturated heterocycles. The molecule has 0 bridgehead atoms. The van der Waals surface area contributed by atoms with E-state index in [1.807, 2.05) is 7.11 Å². The number of aryl methyl sites for hydroxylation is 1. The van der Waals surface area contributed by atoms with Crippen LogP contribution in [0.25, 0.3) is 10.9 Å². The van der Waals surface area contributed by atoms with Gasteiger partial charge in [0.05, 0.1) is 11.6 Å². The van der Waals surface area contributed by atoms with Crippen LogP contribution in [0.15, 0.2) is 24.3 Å². The number of H-pyrrole nitrogens is 1. The number of ether oxygens (including phenoxy) is 1. The number of fused-ring (bicyclic) bond motifs is 5. The fourth-order valence-electron chi connectivity index (χ4n) is 4.00. The van der Waals surface area contributed by atoms with E-state index in [0.717, 1.165) is 19.4 Å². The summed E-state index contributed by atoms with van der Waals surface area (Å²) in [6.45, 7) is 1.09. The number of piperidine rings is 1. The third-order valence-corrected chi connectivity index (χ3v) is 4.97. The van der Waals surface area contributed by atoms with Crippen molar-refractivity contribution in [3.63, 3.8) is 0 Å². The van der Waals surface area contributed by atoms with E-state index in [9.17, 15) is 0 Å². The molecule has 0 radical (unpaired) electrons. The third-order valence-electron chi connectivity index (χ3n) is 4.97. The first-order valence-electron chi connectivity index (χ1n) is 7.22. The van der Waals surface area contributed by atoms with Gasteiger partial charge in [0.1, 0.15) is 0 Å². The second-order valence-electron chi connectivity index (χ2n) is 5.82. The van der Waals surface area contributed by atoms with Gasteiger partial charge in [-0.2, -0.15) is 0 Å². The maximum Gasteiger partial charge on any atom is 0.0877 e. The number of rotatable bonds is 1. The van der Waals surface area contributed by atoms with Crippen molar-refractivity contribution in [2.45, 2.75) is 37.3 Å². The fraction of sp³-hybridized carbons (Fsp3) is 0.500. The second-order valence-corrected chi connectivity index (χ2v) is 5.82. The summed E-state index contributed by atoms with van der Waals surface area (Å²) in [5, 5.41) is 5.06. The molecule has 2 aliphatic rings. The van der Waals surface area contributed by atoms with Gasteiger partial charge in [-0.15, -0.1) is 0 Å². The molecule has 2 heterocycles. The van der Waals surface area contributed by atoms with E-state index < -0.39 is 0 Å². The van der Waals surface area contributed by atoms with E-state index in [2.05, 4.69) is 34.6 Å². The molecule has 2 atom stereocenters. The Morgan fingerprint density at radius 2 is 2.16 bits per heavy atom. The molecule has 0 spiro atoms. The number of hydrogen-bond acceptors (Lipinski definition) is 2. The molecule has 0 saturated carbocycles. The minimum absolute atomic E-state index is 0.00376. The molecular formula is C16H20N2O.